The number of benzene rings is 2. The van der Waals surface area contributed by atoms with Gasteiger partial charge in [0.2, 0.25) is 0 Å². The van der Waals surface area contributed by atoms with E-state index in [2.05, 4.69) is 17.6 Å². The van der Waals surface area contributed by atoms with Crippen LogP contribution in [-0.4, -0.2) is 12.5 Å². The molecule has 0 aliphatic heterocycles. The van der Waals surface area contributed by atoms with Gasteiger partial charge in [0.1, 0.15) is 0 Å². The van der Waals surface area contributed by atoms with E-state index in [-0.39, 0.29) is 5.91 Å². The standard InChI is InChI=1S/C17H19ClN2O/c1-3-10-19-16-11-12(2)8-9-13(16)17(21)20-15-7-5-4-6-14(15)18/h4-9,11,19H,3,10H2,1-2H3,(H,20,21). The fourth-order valence-electron chi connectivity index (χ4n) is 2.01. The molecule has 0 atom stereocenters. The number of nitrogens with one attached hydrogen (secondary N) is 2. The molecule has 21 heavy (non-hydrogen) atoms. The molecule has 0 spiro atoms. The molecule has 0 aliphatic carbocycles. The van der Waals surface area contributed by atoms with Crippen LogP contribution in [0.1, 0.15) is 29.3 Å². The lowest BCUT2D eigenvalue weighted by molar-refractivity contribution is 0.102. The van der Waals surface area contributed by atoms with Crippen LogP contribution in [0.3, 0.4) is 0 Å². The summed E-state index contributed by atoms with van der Waals surface area (Å²) >= 11 is 6.07. The molecule has 4 heteroatoms. The number of amides is 1. The number of hydrogen-bond donors (Lipinski definition) is 2. The van der Waals surface area contributed by atoms with Gasteiger partial charge in [-0.25, -0.2) is 0 Å². The molecule has 0 saturated carbocycles. The summed E-state index contributed by atoms with van der Waals surface area (Å²) in [7, 11) is 0. The molecular formula is C17H19ClN2O. The molecule has 2 rings (SSSR count). The van der Waals surface area contributed by atoms with Crippen LogP contribution in [0.5, 0.6) is 0 Å². The number of anilines is 2. The summed E-state index contributed by atoms with van der Waals surface area (Å²) in [5.74, 6) is -0.165. The molecular weight excluding hydrogens is 284 g/mol. The first-order chi connectivity index (χ1) is 10.1. The fraction of sp³-hybridized carbons (Fsp3) is 0.235. The summed E-state index contributed by atoms with van der Waals surface area (Å²) in [6.07, 6.45) is 1.000. The van der Waals surface area contributed by atoms with E-state index in [0.29, 0.717) is 16.3 Å². The van der Waals surface area contributed by atoms with Crippen molar-refractivity contribution < 1.29 is 4.79 Å². The van der Waals surface area contributed by atoms with E-state index in [1.165, 1.54) is 0 Å². The number of halogens is 1. The lowest BCUT2D eigenvalue weighted by Gasteiger charge is -2.13. The van der Waals surface area contributed by atoms with Gasteiger partial charge in [-0.15, -0.1) is 0 Å². The monoisotopic (exact) mass is 302 g/mol. The number of para-hydroxylation sites is 1. The van der Waals surface area contributed by atoms with Crippen molar-refractivity contribution in [1.29, 1.82) is 0 Å². The van der Waals surface area contributed by atoms with Crippen molar-refractivity contribution in [3.63, 3.8) is 0 Å². The SMILES string of the molecule is CCCNc1cc(C)ccc1C(=O)Nc1ccccc1Cl. The first-order valence-corrected chi connectivity index (χ1v) is 7.40. The molecule has 0 unspecified atom stereocenters. The third kappa shape index (κ3) is 3.99. The van der Waals surface area contributed by atoms with E-state index in [9.17, 15) is 4.79 Å². The first kappa shape index (κ1) is 15.4. The molecule has 3 nitrogen and oxygen atoms in total. The van der Waals surface area contributed by atoms with Gasteiger partial charge in [0, 0.05) is 12.2 Å². The number of rotatable bonds is 5. The maximum atomic E-state index is 12.5. The van der Waals surface area contributed by atoms with Gasteiger partial charge >= 0.3 is 0 Å². The number of carbonyl (C=O) groups is 1. The van der Waals surface area contributed by atoms with Crippen LogP contribution in [0, 0.1) is 6.92 Å². The molecule has 110 valence electrons. The third-order valence-electron chi connectivity index (χ3n) is 3.11. The van der Waals surface area contributed by atoms with Crippen LogP contribution in [0.4, 0.5) is 11.4 Å². The minimum atomic E-state index is -0.165. The second-order valence-corrected chi connectivity index (χ2v) is 5.32. The van der Waals surface area contributed by atoms with Gasteiger partial charge < -0.3 is 10.6 Å². The van der Waals surface area contributed by atoms with Crippen molar-refractivity contribution in [2.24, 2.45) is 0 Å². The van der Waals surface area contributed by atoms with E-state index >= 15 is 0 Å². The Labute approximate surface area is 130 Å². The van der Waals surface area contributed by atoms with Gasteiger partial charge in [-0.3, -0.25) is 4.79 Å². The van der Waals surface area contributed by atoms with Gasteiger partial charge in [-0.1, -0.05) is 36.7 Å². The Bertz CT molecular complexity index is 640. The Balaban J connectivity index is 2.24. The van der Waals surface area contributed by atoms with Crippen molar-refractivity contribution in [3.8, 4) is 0 Å². The quantitative estimate of drug-likeness (QED) is 0.839. The van der Waals surface area contributed by atoms with Crippen molar-refractivity contribution in [2.45, 2.75) is 20.3 Å². The Morgan fingerprint density at radius 1 is 1.14 bits per heavy atom. The summed E-state index contributed by atoms with van der Waals surface area (Å²) in [5, 5.41) is 6.67. The fourth-order valence-corrected chi connectivity index (χ4v) is 2.20. The molecule has 2 aromatic rings. The highest BCUT2D eigenvalue weighted by Crippen LogP contribution is 2.23. The van der Waals surface area contributed by atoms with E-state index in [4.69, 9.17) is 11.6 Å². The average molecular weight is 303 g/mol. The maximum absolute atomic E-state index is 12.5. The van der Waals surface area contributed by atoms with Crippen LogP contribution < -0.4 is 10.6 Å². The van der Waals surface area contributed by atoms with Gasteiger partial charge in [-0.05, 0) is 43.2 Å². The van der Waals surface area contributed by atoms with E-state index < -0.39 is 0 Å². The second-order valence-electron chi connectivity index (χ2n) is 4.91. The summed E-state index contributed by atoms with van der Waals surface area (Å²) < 4.78 is 0. The molecule has 0 heterocycles. The molecule has 0 aromatic heterocycles. The first-order valence-electron chi connectivity index (χ1n) is 7.02. The van der Waals surface area contributed by atoms with Crippen LogP contribution in [0.25, 0.3) is 0 Å². The van der Waals surface area contributed by atoms with Crippen molar-refractivity contribution in [1.82, 2.24) is 0 Å². The van der Waals surface area contributed by atoms with Gasteiger partial charge in [-0.2, -0.15) is 0 Å². The van der Waals surface area contributed by atoms with Crippen molar-refractivity contribution >= 4 is 28.9 Å². The van der Waals surface area contributed by atoms with E-state index in [0.717, 1.165) is 24.2 Å². The Morgan fingerprint density at radius 3 is 2.62 bits per heavy atom. The molecule has 1 amide bonds. The minimum absolute atomic E-state index is 0.165. The van der Waals surface area contributed by atoms with Crippen LogP contribution in [0.15, 0.2) is 42.5 Å². The zero-order chi connectivity index (χ0) is 15.2. The van der Waals surface area contributed by atoms with E-state index in [1.807, 2.05) is 37.3 Å². The summed E-state index contributed by atoms with van der Waals surface area (Å²) in [4.78, 5) is 12.5. The molecule has 0 radical (unpaired) electrons. The van der Waals surface area contributed by atoms with Crippen LogP contribution in [-0.2, 0) is 0 Å². The van der Waals surface area contributed by atoms with Crippen molar-refractivity contribution in [2.75, 3.05) is 17.2 Å². The Kier molecular flexibility index (Phi) is 5.23. The maximum Gasteiger partial charge on any atom is 0.257 e. The molecule has 2 aromatic carbocycles. The predicted molar refractivity (Wildman–Crippen MR) is 89.4 cm³/mol. The van der Waals surface area contributed by atoms with Gasteiger partial charge in [0.25, 0.3) is 5.91 Å². The molecule has 0 fully saturated rings. The molecule has 2 N–H and O–H groups in total. The number of hydrogen-bond acceptors (Lipinski definition) is 2. The van der Waals surface area contributed by atoms with Gasteiger partial charge in [0.05, 0.1) is 16.3 Å². The molecule has 0 bridgehead atoms. The second kappa shape index (κ2) is 7.14. The largest absolute Gasteiger partial charge is 0.384 e. The Morgan fingerprint density at radius 2 is 1.90 bits per heavy atom. The van der Waals surface area contributed by atoms with Gasteiger partial charge in [0.15, 0.2) is 0 Å². The normalized spacial score (nSPS) is 10.2. The predicted octanol–water partition coefficient (Wildman–Crippen LogP) is 4.72. The van der Waals surface area contributed by atoms with Crippen LogP contribution in [0.2, 0.25) is 5.02 Å². The zero-order valence-corrected chi connectivity index (χ0v) is 13.0. The number of carbonyl (C=O) groups excluding carboxylic acids is 1. The minimum Gasteiger partial charge on any atom is -0.384 e. The highest BCUT2D eigenvalue weighted by atomic mass is 35.5. The topological polar surface area (TPSA) is 41.1 Å². The highest BCUT2D eigenvalue weighted by Gasteiger charge is 2.12. The molecule has 0 saturated heterocycles. The Hall–Kier alpha value is -2.00. The lowest BCUT2D eigenvalue weighted by Crippen LogP contribution is -2.15. The van der Waals surface area contributed by atoms with Crippen LogP contribution >= 0.6 is 11.6 Å². The lowest BCUT2D eigenvalue weighted by atomic mass is 10.1. The summed E-state index contributed by atoms with van der Waals surface area (Å²) in [6, 6.07) is 13.0. The molecule has 0 aliphatic rings. The highest BCUT2D eigenvalue weighted by molar-refractivity contribution is 6.34. The zero-order valence-electron chi connectivity index (χ0n) is 12.2. The summed E-state index contributed by atoms with van der Waals surface area (Å²) in [5.41, 5.74) is 3.20. The van der Waals surface area contributed by atoms with E-state index in [1.54, 1.807) is 12.1 Å². The third-order valence-corrected chi connectivity index (χ3v) is 3.44. The van der Waals surface area contributed by atoms with Crippen molar-refractivity contribution in [3.05, 3.63) is 58.6 Å². The number of aryl methyl sites for hydroxylation is 1. The smallest absolute Gasteiger partial charge is 0.257 e. The summed E-state index contributed by atoms with van der Waals surface area (Å²) in [6.45, 7) is 4.93. The average Bonchev–Trinajstić information content (AvgIpc) is 2.47.